The number of carbonyl (C=O) groups excluding carboxylic acids is 2. The summed E-state index contributed by atoms with van der Waals surface area (Å²) in [5.74, 6) is -0.453. The normalized spacial score (nSPS) is 12.8. The predicted octanol–water partition coefficient (Wildman–Crippen LogP) is 0.955. The minimum Gasteiger partial charge on any atom is -0.384 e. The van der Waals surface area contributed by atoms with Crippen LogP contribution in [0.15, 0.2) is 12.1 Å². The number of aromatic nitrogens is 1. The standard InChI is InChI=1S/C14H22N4O2/c1-8(5-12(16)19)17-13(20)9-6-10(14(2,3)4)18-11(15)7-9/h6-8H,5H2,1-4H3,(H2,15,18)(H2,16,19)(H,17,20). The zero-order valence-corrected chi connectivity index (χ0v) is 12.4. The molecule has 0 aromatic carbocycles. The van der Waals surface area contributed by atoms with Crippen LogP contribution in [0.5, 0.6) is 0 Å². The Hall–Kier alpha value is -2.11. The summed E-state index contributed by atoms with van der Waals surface area (Å²) in [6, 6.07) is 2.90. The Morgan fingerprint density at radius 1 is 1.35 bits per heavy atom. The van der Waals surface area contributed by atoms with E-state index in [4.69, 9.17) is 11.5 Å². The van der Waals surface area contributed by atoms with E-state index in [1.54, 1.807) is 13.0 Å². The smallest absolute Gasteiger partial charge is 0.251 e. The second-order valence-corrected chi connectivity index (χ2v) is 5.96. The maximum Gasteiger partial charge on any atom is 0.251 e. The zero-order chi connectivity index (χ0) is 15.5. The predicted molar refractivity (Wildman–Crippen MR) is 78.1 cm³/mol. The van der Waals surface area contributed by atoms with Crippen molar-refractivity contribution in [3.63, 3.8) is 0 Å². The highest BCUT2D eigenvalue weighted by Crippen LogP contribution is 2.22. The maximum atomic E-state index is 12.1. The van der Waals surface area contributed by atoms with Crippen LogP contribution in [0, 0.1) is 0 Å². The molecule has 1 aromatic rings. The van der Waals surface area contributed by atoms with Gasteiger partial charge in [-0.15, -0.1) is 0 Å². The van der Waals surface area contributed by atoms with Gasteiger partial charge in [0.2, 0.25) is 5.91 Å². The van der Waals surface area contributed by atoms with E-state index in [0.29, 0.717) is 11.4 Å². The lowest BCUT2D eigenvalue weighted by Crippen LogP contribution is -2.36. The molecular formula is C14H22N4O2. The third-order valence-corrected chi connectivity index (χ3v) is 2.76. The van der Waals surface area contributed by atoms with Gasteiger partial charge in [0.05, 0.1) is 0 Å². The van der Waals surface area contributed by atoms with E-state index in [2.05, 4.69) is 10.3 Å². The molecule has 1 aromatic heterocycles. The van der Waals surface area contributed by atoms with Crippen LogP contribution in [0.2, 0.25) is 0 Å². The van der Waals surface area contributed by atoms with E-state index in [1.165, 1.54) is 6.07 Å². The Balaban J connectivity index is 2.93. The molecule has 1 rings (SSSR count). The van der Waals surface area contributed by atoms with Gasteiger partial charge in [0.15, 0.2) is 0 Å². The topological polar surface area (TPSA) is 111 Å². The van der Waals surface area contributed by atoms with Gasteiger partial charge in [0, 0.05) is 29.1 Å². The molecule has 0 radical (unpaired) electrons. The minimum atomic E-state index is -0.456. The molecule has 0 aliphatic rings. The lowest BCUT2D eigenvalue weighted by Gasteiger charge is -2.19. The van der Waals surface area contributed by atoms with Crippen LogP contribution in [0.1, 0.15) is 50.2 Å². The molecule has 2 amide bonds. The largest absolute Gasteiger partial charge is 0.384 e. The molecular weight excluding hydrogens is 256 g/mol. The van der Waals surface area contributed by atoms with Gasteiger partial charge in [-0.2, -0.15) is 0 Å². The fourth-order valence-electron chi connectivity index (χ4n) is 1.73. The molecule has 0 saturated carbocycles. The van der Waals surface area contributed by atoms with Crippen LogP contribution in [0.4, 0.5) is 5.82 Å². The molecule has 0 aliphatic heterocycles. The highest BCUT2D eigenvalue weighted by Gasteiger charge is 2.19. The summed E-state index contributed by atoms with van der Waals surface area (Å²) in [4.78, 5) is 27.2. The van der Waals surface area contributed by atoms with E-state index in [1.807, 2.05) is 20.8 Å². The highest BCUT2D eigenvalue weighted by molar-refractivity contribution is 5.95. The molecule has 0 aliphatic carbocycles. The Morgan fingerprint density at radius 2 is 1.95 bits per heavy atom. The number of nitrogens with one attached hydrogen (secondary N) is 1. The van der Waals surface area contributed by atoms with Gasteiger partial charge in [-0.3, -0.25) is 9.59 Å². The highest BCUT2D eigenvalue weighted by atomic mass is 16.2. The Morgan fingerprint density at radius 3 is 2.45 bits per heavy atom. The van der Waals surface area contributed by atoms with Crippen molar-refractivity contribution in [2.24, 2.45) is 5.73 Å². The summed E-state index contributed by atoms with van der Waals surface area (Å²) < 4.78 is 0. The van der Waals surface area contributed by atoms with Gasteiger partial charge in [-0.05, 0) is 19.1 Å². The fraction of sp³-hybridized carbons (Fsp3) is 0.500. The molecule has 1 unspecified atom stereocenters. The third-order valence-electron chi connectivity index (χ3n) is 2.76. The van der Waals surface area contributed by atoms with Crippen LogP contribution >= 0.6 is 0 Å². The molecule has 0 spiro atoms. The first-order chi connectivity index (χ1) is 9.09. The number of carbonyl (C=O) groups is 2. The van der Waals surface area contributed by atoms with Crippen LogP contribution < -0.4 is 16.8 Å². The monoisotopic (exact) mass is 278 g/mol. The summed E-state index contributed by atoms with van der Waals surface area (Å²) in [5.41, 5.74) is 11.8. The fourth-order valence-corrected chi connectivity index (χ4v) is 1.73. The number of anilines is 1. The van der Waals surface area contributed by atoms with Crippen molar-refractivity contribution in [3.8, 4) is 0 Å². The van der Waals surface area contributed by atoms with Crippen LogP contribution in [0.25, 0.3) is 0 Å². The Labute approximate surface area is 118 Å². The van der Waals surface area contributed by atoms with E-state index in [-0.39, 0.29) is 23.8 Å². The van der Waals surface area contributed by atoms with Crippen LogP contribution in [-0.4, -0.2) is 22.8 Å². The van der Waals surface area contributed by atoms with E-state index in [9.17, 15) is 9.59 Å². The molecule has 1 heterocycles. The summed E-state index contributed by atoms with van der Waals surface area (Å²) in [6.07, 6.45) is 0.0957. The molecule has 20 heavy (non-hydrogen) atoms. The van der Waals surface area contributed by atoms with Gasteiger partial charge in [0.1, 0.15) is 5.82 Å². The van der Waals surface area contributed by atoms with Crippen molar-refractivity contribution in [1.82, 2.24) is 10.3 Å². The van der Waals surface area contributed by atoms with Crippen molar-refractivity contribution in [2.75, 3.05) is 5.73 Å². The quantitative estimate of drug-likeness (QED) is 0.761. The summed E-state index contributed by atoms with van der Waals surface area (Å²) in [6.45, 7) is 7.70. The first-order valence-electron chi connectivity index (χ1n) is 6.47. The molecule has 1 atom stereocenters. The van der Waals surface area contributed by atoms with Crippen LogP contribution in [-0.2, 0) is 10.2 Å². The molecule has 110 valence electrons. The molecule has 0 fully saturated rings. The number of nitrogen functional groups attached to an aromatic ring is 1. The number of nitrogens with zero attached hydrogens (tertiary/aromatic N) is 1. The molecule has 6 heteroatoms. The molecule has 0 saturated heterocycles. The van der Waals surface area contributed by atoms with Gasteiger partial charge in [0.25, 0.3) is 5.91 Å². The van der Waals surface area contributed by atoms with E-state index < -0.39 is 5.91 Å². The average Bonchev–Trinajstić information content (AvgIpc) is 2.25. The van der Waals surface area contributed by atoms with Gasteiger partial charge in [-0.25, -0.2) is 4.98 Å². The zero-order valence-electron chi connectivity index (χ0n) is 12.4. The number of hydrogen-bond acceptors (Lipinski definition) is 4. The van der Waals surface area contributed by atoms with Crippen molar-refractivity contribution in [1.29, 1.82) is 0 Å². The Kier molecular flexibility index (Phi) is 4.70. The first kappa shape index (κ1) is 15.9. The second kappa shape index (κ2) is 5.90. The van der Waals surface area contributed by atoms with Crippen LogP contribution in [0.3, 0.4) is 0 Å². The number of rotatable bonds is 4. The van der Waals surface area contributed by atoms with E-state index >= 15 is 0 Å². The number of nitrogens with two attached hydrogens (primary N) is 2. The van der Waals surface area contributed by atoms with Gasteiger partial charge < -0.3 is 16.8 Å². The van der Waals surface area contributed by atoms with Gasteiger partial charge >= 0.3 is 0 Å². The summed E-state index contributed by atoms with van der Waals surface area (Å²) in [7, 11) is 0. The second-order valence-electron chi connectivity index (χ2n) is 5.96. The van der Waals surface area contributed by atoms with E-state index in [0.717, 1.165) is 5.69 Å². The van der Waals surface area contributed by atoms with Crippen molar-refractivity contribution >= 4 is 17.6 Å². The molecule has 6 nitrogen and oxygen atoms in total. The number of primary amides is 1. The minimum absolute atomic E-state index is 0.0957. The average molecular weight is 278 g/mol. The van der Waals surface area contributed by atoms with Crippen molar-refractivity contribution < 1.29 is 9.59 Å². The maximum absolute atomic E-state index is 12.1. The SMILES string of the molecule is CC(CC(N)=O)NC(=O)c1cc(N)nc(C(C)(C)C)c1. The van der Waals surface area contributed by atoms with Gasteiger partial charge in [-0.1, -0.05) is 20.8 Å². The molecule has 5 N–H and O–H groups in total. The number of pyridine rings is 1. The summed E-state index contributed by atoms with van der Waals surface area (Å²) >= 11 is 0. The Bertz CT molecular complexity index is 520. The molecule has 0 bridgehead atoms. The lowest BCUT2D eigenvalue weighted by molar-refractivity contribution is -0.118. The number of hydrogen-bond donors (Lipinski definition) is 3. The summed E-state index contributed by atoms with van der Waals surface area (Å²) in [5, 5.41) is 2.71. The lowest BCUT2D eigenvalue weighted by atomic mass is 9.90. The van der Waals surface area contributed by atoms with Crippen molar-refractivity contribution in [3.05, 3.63) is 23.4 Å². The third kappa shape index (κ3) is 4.53. The number of amides is 2. The first-order valence-corrected chi connectivity index (χ1v) is 6.47. The van der Waals surface area contributed by atoms with Crippen molar-refractivity contribution in [2.45, 2.75) is 45.6 Å².